The van der Waals surface area contributed by atoms with Crippen LogP contribution in [0.1, 0.15) is 38.0 Å². The molecule has 2 heteroatoms. The number of fused-ring (bicyclic) bond motifs is 1. The number of benzene rings is 1. The highest BCUT2D eigenvalue weighted by atomic mass is 16.3. The van der Waals surface area contributed by atoms with E-state index in [-0.39, 0.29) is 0 Å². The van der Waals surface area contributed by atoms with Gasteiger partial charge in [0.25, 0.3) is 0 Å². The highest BCUT2D eigenvalue weighted by Gasteiger charge is 2.11. The molecule has 2 nitrogen and oxygen atoms in total. The second-order valence-electron chi connectivity index (χ2n) is 4.08. The molecular weight excluding hydrogens is 198 g/mol. The highest BCUT2D eigenvalue weighted by Crippen LogP contribution is 2.24. The summed E-state index contributed by atoms with van der Waals surface area (Å²) in [6.07, 6.45) is 4.25. The van der Waals surface area contributed by atoms with E-state index in [0.717, 1.165) is 35.7 Å². The first-order valence-electron chi connectivity index (χ1n) is 5.84. The third kappa shape index (κ3) is 2.22. The van der Waals surface area contributed by atoms with E-state index >= 15 is 0 Å². The van der Waals surface area contributed by atoms with Crippen molar-refractivity contribution >= 4 is 10.8 Å². The second-order valence-corrected chi connectivity index (χ2v) is 4.08. The lowest BCUT2D eigenvalue weighted by Gasteiger charge is -2.11. The minimum atomic E-state index is -0.439. The molecule has 1 unspecified atom stereocenters. The van der Waals surface area contributed by atoms with E-state index in [2.05, 4.69) is 11.9 Å². The van der Waals surface area contributed by atoms with Crippen molar-refractivity contribution < 1.29 is 5.11 Å². The lowest BCUT2D eigenvalue weighted by molar-refractivity contribution is 0.161. The highest BCUT2D eigenvalue weighted by molar-refractivity contribution is 5.84. The average Bonchev–Trinajstić information content (AvgIpc) is 2.35. The summed E-state index contributed by atoms with van der Waals surface area (Å²) in [5.74, 6) is 0. The van der Waals surface area contributed by atoms with Crippen LogP contribution in [-0.4, -0.2) is 10.1 Å². The normalized spacial score (nSPS) is 12.9. The van der Waals surface area contributed by atoms with Gasteiger partial charge in [0.05, 0.1) is 11.8 Å². The third-order valence-electron chi connectivity index (χ3n) is 2.85. The van der Waals surface area contributed by atoms with Crippen LogP contribution in [0.2, 0.25) is 0 Å². The molecule has 1 aromatic carbocycles. The van der Waals surface area contributed by atoms with E-state index in [1.54, 1.807) is 6.20 Å². The number of hydrogen-bond acceptors (Lipinski definition) is 2. The fourth-order valence-corrected chi connectivity index (χ4v) is 1.94. The number of unbranched alkanes of at least 4 members (excludes halogenated alkanes) is 1. The fraction of sp³-hybridized carbons (Fsp3) is 0.357. The first-order valence-corrected chi connectivity index (χ1v) is 5.84. The Balaban J connectivity index is 2.36. The summed E-state index contributed by atoms with van der Waals surface area (Å²) in [6, 6.07) is 10.0. The SMILES string of the molecule is CCCCC(O)c1nccc2ccccc12. The van der Waals surface area contributed by atoms with E-state index in [1.807, 2.05) is 30.3 Å². The molecule has 0 aliphatic carbocycles. The van der Waals surface area contributed by atoms with Crippen molar-refractivity contribution in [1.29, 1.82) is 0 Å². The predicted molar refractivity (Wildman–Crippen MR) is 66.2 cm³/mol. The molecule has 1 aromatic heterocycles. The lowest BCUT2D eigenvalue weighted by Crippen LogP contribution is -2.01. The molecule has 0 amide bonds. The van der Waals surface area contributed by atoms with Crippen molar-refractivity contribution in [1.82, 2.24) is 4.98 Å². The number of pyridine rings is 1. The van der Waals surface area contributed by atoms with Crippen LogP contribution in [0.25, 0.3) is 10.8 Å². The second kappa shape index (κ2) is 5.08. The van der Waals surface area contributed by atoms with Gasteiger partial charge in [0.2, 0.25) is 0 Å². The molecule has 0 saturated heterocycles. The Bertz CT molecular complexity index is 462. The summed E-state index contributed by atoms with van der Waals surface area (Å²) >= 11 is 0. The molecule has 1 atom stereocenters. The Morgan fingerprint density at radius 3 is 2.88 bits per heavy atom. The smallest absolute Gasteiger partial charge is 0.0966 e. The molecule has 0 bridgehead atoms. The van der Waals surface area contributed by atoms with Gasteiger partial charge in [0.15, 0.2) is 0 Å². The molecule has 0 radical (unpaired) electrons. The Hall–Kier alpha value is -1.41. The molecule has 0 saturated carbocycles. The Morgan fingerprint density at radius 1 is 1.25 bits per heavy atom. The fourth-order valence-electron chi connectivity index (χ4n) is 1.94. The molecule has 0 aliphatic rings. The topological polar surface area (TPSA) is 33.1 Å². The Morgan fingerprint density at radius 2 is 2.06 bits per heavy atom. The van der Waals surface area contributed by atoms with Gasteiger partial charge in [-0.05, 0) is 17.9 Å². The van der Waals surface area contributed by atoms with Crippen molar-refractivity contribution in [2.45, 2.75) is 32.3 Å². The summed E-state index contributed by atoms with van der Waals surface area (Å²) in [4.78, 5) is 4.31. The maximum Gasteiger partial charge on any atom is 0.0966 e. The van der Waals surface area contributed by atoms with Crippen LogP contribution < -0.4 is 0 Å². The molecule has 1 N–H and O–H groups in total. The van der Waals surface area contributed by atoms with Crippen LogP contribution in [-0.2, 0) is 0 Å². The summed E-state index contributed by atoms with van der Waals surface area (Å²) in [6.45, 7) is 2.13. The molecule has 16 heavy (non-hydrogen) atoms. The molecule has 0 fully saturated rings. The van der Waals surface area contributed by atoms with Gasteiger partial charge in [-0.25, -0.2) is 0 Å². The Labute approximate surface area is 96.0 Å². The summed E-state index contributed by atoms with van der Waals surface area (Å²) in [5, 5.41) is 12.3. The van der Waals surface area contributed by atoms with Gasteiger partial charge in [0, 0.05) is 11.6 Å². The van der Waals surface area contributed by atoms with E-state index in [4.69, 9.17) is 0 Å². The van der Waals surface area contributed by atoms with Crippen LogP contribution in [0.5, 0.6) is 0 Å². The largest absolute Gasteiger partial charge is 0.387 e. The first-order chi connectivity index (χ1) is 7.83. The van der Waals surface area contributed by atoms with Crippen molar-refractivity contribution in [3.8, 4) is 0 Å². The van der Waals surface area contributed by atoms with Crippen molar-refractivity contribution in [3.63, 3.8) is 0 Å². The van der Waals surface area contributed by atoms with Crippen LogP contribution in [0.3, 0.4) is 0 Å². The van der Waals surface area contributed by atoms with Gasteiger partial charge < -0.3 is 5.11 Å². The number of nitrogens with zero attached hydrogens (tertiary/aromatic N) is 1. The summed E-state index contributed by atoms with van der Waals surface area (Å²) < 4.78 is 0. The first kappa shape index (κ1) is 11.1. The molecule has 84 valence electrons. The number of aromatic nitrogens is 1. The van der Waals surface area contributed by atoms with Crippen molar-refractivity contribution in [2.24, 2.45) is 0 Å². The number of aliphatic hydroxyl groups is 1. The molecule has 0 aliphatic heterocycles. The van der Waals surface area contributed by atoms with Crippen LogP contribution >= 0.6 is 0 Å². The summed E-state index contributed by atoms with van der Waals surface area (Å²) in [7, 11) is 0. The zero-order valence-electron chi connectivity index (χ0n) is 9.56. The van der Waals surface area contributed by atoms with Gasteiger partial charge in [0.1, 0.15) is 0 Å². The van der Waals surface area contributed by atoms with Gasteiger partial charge in [-0.15, -0.1) is 0 Å². The minimum Gasteiger partial charge on any atom is -0.387 e. The molecular formula is C14H17NO. The maximum atomic E-state index is 10.1. The quantitative estimate of drug-likeness (QED) is 0.847. The lowest BCUT2D eigenvalue weighted by atomic mass is 10.0. The minimum absolute atomic E-state index is 0.439. The summed E-state index contributed by atoms with van der Waals surface area (Å²) in [5.41, 5.74) is 0.812. The van der Waals surface area contributed by atoms with E-state index in [1.165, 1.54) is 0 Å². The van der Waals surface area contributed by atoms with Crippen LogP contribution in [0, 0.1) is 0 Å². The van der Waals surface area contributed by atoms with Gasteiger partial charge in [-0.2, -0.15) is 0 Å². The number of hydrogen-bond donors (Lipinski definition) is 1. The van der Waals surface area contributed by atoms with Crippen LogP contribution in [0.15, 0.2) is 36.5 Å². The van der Waals surface area contributed by atoms with E-state index in [9.17, 15) is 5.11 Å². The monoisotopic (exact) mass is 215 g/mol. The number of aliphatic hydroxyl groups excluding tert-OH is 1. The Kier molecular flexibility index (Phi) is 3.52. The van der Waals surface area contributed by atoms with Crippen molar-refractivity contribution in [2.75, 3.05) is 0 Å². The molecule has 2 aromatic rings. The zero-order valence-corrected chi connectivity index (χ0v) is 9.56. The van der Waals surface area contributed by atoms with Crippen molar-refractivity contribution in [3.05, 3.63) is 42.2 Å². The van der Waals surface area contributed by atoms with Crippen LogP contribution in [0.4, 0.5) is 0 Å². The number of rotatable bonds is 4. The van der Waals surface area contributed by atoms with Gasteiger partial charge in [-0.3, -0.25) is 4.98 Å². The van der Waals surface area contributed by atoms with Gasteiger partial charge in [-0.1, -0.05) is 44.0 Å². The maximum absolute atomic E-state index is 10.1. The van der Waals surface area contributed by atoms with E-state index < -0.39 is 6.10 Å². The predicted octanol–water partition coefficient (Wildman–Crippen LogP) is 3.46. The standard InChI is InChI=1S/C14H17NO/c1-2-3-8-13(16)14-12-7-5-4-6-11(12)9-10-15-14/h4-7,9-10,13,16H,2-3,8H2,1H3. The zero-order chi connectivity index (χ0) is 11.4. The van der Waals surface area contributed by atoms with E-state index in [0.29, 0.717) is 0 Å². The average molecular weight is 215 g/mol. The third-order valence-corrected chi connectivity index (χ3v) is 2.85. The molecule has 1 heterocycles. The molecule has 0 spiro atoms. The molecule has 2 rings (SSSR count). The van der Waals surface area contributed by atoms with Gasteiger partial charge >= 0.3 is 0 Å².